The summed E-state index contributed by atoms with van der Waals surface area (Å²) < 4.78 is 0. The smallest absolute Gasteiger partial charge is 0.220 e. The molecule has 2 heterocycles. The van der Waals surface area contributed by atoms with Crippen molar-refractivity contribution in [2.45, 2.75) is 25.8 Å². The highest BCUT2D eigenvalue weighted by atomic mass is 32.1. The van der Waals surface area contributed by atoms with Crippen LogP contribution in [0.15, 0.2) is 60.1 Å². The van der Waals surface area contributed by atoms with Gasteiger partial charge in [0.1, 0.15) is 0 Å². The Morgan fingerprint density at radius 1 is 1.12 bits per heavy atom. The van der Waals surface area contributed by atoms with Gasteiger partial charge in [-0.2, -0.15) is 0 Å². The summed E-state index contributed by atoms with van der Waals surface area (Å²) in [7, 11) is 0. The van der Waals surface area contributed by atoms with Gasteiger partial charge in [0.05, 0.1) is 22.4 Å². The van der Waals surface area contributed by atoms with Crippen LogP contribution in [0.5, 0.6) is 0 Å². The summed E-state index contributed by atoms with van der Waals surface area (Å²) in [4.78, 5) is 21.0. The van der Waals surface area contributed by atoms with E-state index in [1.807, 2.05) is 60.8 Å². The lowest BCUT2D eigenvalue weighted by atomic mass is 10.1. The van der Waals surface area contributed by atoms with Crippen molar-refractivity contribution in [1.82, 2.24) is 15.3 Å². The lowest BCUT2D eigenvalue weighted by Crippen LogP contribution is -2.26. The fraction of sp³-hybridized carbons (Fsp3) is 0.211. The lowest BCUT2D eigenvalue weighted by molar-refractivity contribution is -0.121. The van der Waals surface area contributed by atoms with Gasteiger partial charge in [-0.05, 0) is 24.6 Å². The molecule has 122 valence electrons. The van der Waals surface area contributed by atoms with Crippen molar-refractivity contribution in [2.24, 2.45) is 0 Å². The van der Waals surface area contributed by atoms with E-state index < -0.39 is 0 Å². The van der Waals surface area contributed by atoms with Crippen molar-refractivity contribution in [3.8, 4) is 11.4 Å². The number of nitrogens with one attached hydrogen (secondary N) is 1. The highest BCUT2D eigenvalue weighted by molar-refractivity contribution is 7.09. The molecule has 3 aromatic rings. The Morgan fingerprint density at radius 2 is 1.92 bits per heavy atom. The van der Waals surface area contributed by atoms with E-state index in [9.17, 15) is 4.79 Å². The summed E-state index contributed by atoms with van der Waals surface area (Å²) >= 11 is 1.57. The van der Waals surface area contributed by atoms with Crippen LogP contribution in [0.25, 0.3) is 11.4 Å². The van der Waals surface area contributed by atoms with Crippen LogP contribution < -0.4 is 5.32 Å². The van der Waals surface area contributed by atoms with E-state index in [0.29, 0.717) is 12.8 Å². The molecule has 0 radical (unpaired) electrons. The maximum atomic E-state index is 12.1. The van der Waals surface area contributed by atoms with E-state index in [1.165, 1.54) is 0 Å². The third kappa shape index (κ3) is 4.26. The number of carbonyl (C=O) groups is 1. The van der Waals surface area contributed by atoms with Gasteiger partial charge in [-0.1, -0.05) is 36.4 Å². The average molecular weight is 337 g/mol. The van der Waals surface area contributed by atoms with Crippen LogP contribution in [0.3, 0.4) is 0 Å². The molecule has 4 nitrogen and oxygen atoms in total. The number of hydrogen-bond donors (Lipinski definition) is 1. The molecule has 1 aromatic carbocycles. The minimum Gasteiger partial charge on any atom is -0.350 e. The van der Waals surface area contributed by atoms with Crippen molar-refractivity contribution in [2.75, 3.05) is 0 Å². The van der Waals surface area contributed by atoms with Gasteiger partial charge >= 0.3 is 0 Å². The van der Waals surface area contributed by atoms with Crippen molar-refractivity contribution in [1.29, 1.82) is 0 Å². The molecular weight excluding hydrogens is 318 g/mol. The molecule has 0 aliphatic rings. The number of amides is 1. The molecule has 0 saturated heterocycles. The number of thiazole rings is 1. The first kappa shape index (κ1) is 16.3. The van der Waals surface area contributed by atoms with Gasteiger partial charge in [-0.15, -0.1) is 11.3 Å². The zero-order chi connectivity index (χ0) is 16.8. The number of pyridine rings is 1. The third-order valence-electron chi connectivity index (χ3n) is 3.72. The average Bonchev–Trinajstić information content (AvgIpc) is 3.10. The second kappa shape index (κ2) is 7.84. The minimum atomic E-state index is 0.0130. The molecule has 1 atom stereocenters. The summed E-state index contributed by atoms with van der Waals surface area (Å²) in [6, 6.07) is 15.7. The van der Waals surface area contributed by atoms with Gasteiger partial charge in [-0.3, -0.25) is 9.78 Å². The standard InChI is InChI=1S/C19H19N3OS/c1-14(15-7-3-2-4-8-15)21-18(23)10-11-19-22-17(13-24-19)16-9-5-6-12-20-16/h2-9,12-14H,10-11H2,1H3,(H,21,23). The highest BCUT2D eigenvalue weighted by Gasteiger charge is 2.11. The molecular formula is C19H19N3OS. The maximum Gasteiger partial charge on any atom is 0.220 e. The van der Waals surface area contributed by atoms with E-state index in [-0.39, 0.29) is 11.9 Å². The van der Waals surface area contributed by atoms with E-state index in [0.717, 1.165) is 22.0 Å². The molecule has 1 unspecified atom stereocenters. The van der Waals surface area contributed by atoms with Gasteiger partial charge in [0.25, 0.3) is 0 Å². The summed E-state index contributed by atoms with van der Waals surface area (Å²) in [5.41, 5.74) is 2.84. The first-order valence-electron chi connectivity index (χ1n) is 7.92. The van der Waals surface area contributed by atoms with Crippen LogP contribution in [-0.4, -0.2) is 15.9 Å². The SMILES string of the molecule is CC(NC(=O)CCc1nc(-c2ccccn2)cs1)c1ccccc1. The third-order valence-corrected chi connectivity index (χ3v) is 4.63. The van der Waals surface area contributed by atoms with Crippen molar-refractivity contribution in [3.05, 3.63) is 70.7 Å². The van der Waals surface area contributed by atoms with E-state index in [2.05, 4.69) is 15.3 Å². The topological polar surface area (TPSA) is 54.9 Å². The number of nitrogens with zero attached hydrogens (tertiary/aromatic N) is 2. The van der Waals surface area contributed by atoms with Crippen LogP contribution in [0.2, 0.25) is 0 Å². The second-order valence-electron chi connectivity index (χ2n) is 5.54. The fourth-order valence-electron chi connectivity index (χ4n) is 2.42. The van der Waals surface area contributed by atoms with Gasteiger partial charge in [0, 0.05) is 24.4 Å². The Labute approximate surface area is 145 Å². The van der Waals surface area contributed by atoms with Crippen LogP contribution in [-0.2, 0) is 11.2 Å². The largest absolute Gasteiger partial charge is 0.350 e. The number of benzene rings is 1. The molecule has 0 bridgehead atoms. The zero-order valence-electron chi connectivity index (χ0n) is 13.5. The van der Waals surface area contributed by atoms with Crippen LogP contribution in [0, 0.1) is 0 Å². The molecule has 0 spiro atoms. The molecule has 0 aliphatic carbocycles. The van der Waals surface area contributed by atoms with Crippen LogP contribution in [0.4, 0.5) is 0 Å². The number of aromatic nitrogens is 2. The van der Waals surface area contributed by atoms with E-state index in [1.54, 1.807) is 17.5 Å². The second-order valence-corrected chi connectivity index (χ2v) is 6.48. The Bertz CT molecular complexity index is 787. The number of carbonyl (C=O) groups excluding carboxylic acids is 1. The van der Waals surface area contributed by atoms with Crippen LogP contribution >= 0.6 is 11.3 Å². The molecule has 3 rings (SSSR count). The molecule has 24 heavy (non-hydrogen) atoms. The zero-order valence-corrected chi connectivity index (χ0v) is 14.3. The molecule has 2 aromatic heterocycles. The molecule has 0 saturated carbocycles. The number of hydrogen-bond acceptors (Lipinski definition) is 4. The monoisotopic (exact) mass is 337 g/mol. The Hall–Kier alpha value is -2.53. The van der Waals surface area contributed by atoms with Gasteiger partial charge < -0.3 is 5.32 Å². The fourth-order valence-corrected chi connectivity index (χ4v) is 3.21. The van der Waals surface area contributed by atoms with Crippen molar-refractivity contribution >= 4 is 17.2 Å². The van der Waals surface area contributed by atoms with Gasteiger partial charge in [0.2, 0.25) is 5.91 Å². The molecule has 1 N–H and O–H groups in total. The first-order valence-corrected chi connectivity index (χ1v) is 8.80. The van der Waals surface area contributed by atoms with Gasteiger partial charge in [-0.25, -0.2) is 4.98 Å². The normalized spacial score (nSPS) is 11.9. The minimum absolute atomic E-state index is 0.0130. The Morgan fingerprint density at radius 3 is 2.67 bits per heavy atom. The summed E-state index contributed by atoms with van der Waals surface area (Å²) in [5.74, 6) is 0.0425. The lowest BCUT2D eigenvalue weighted by Gasteiger charge is -2.13. The summed E-state index contributed by atoms with van der Waals surface area (Å²) in [5, 5.41) is 5.98. The number of aryl methyl sites for hydroxylation is 1. The van der Waals surface area contributed by atoms with Crippen molar-refractivity contribution < 1.29 is 4.79 Å². The van der Waals surface area contributed by atoms with Gasteiger partial charge in [0.15, 0.2) is 0 Å². The summed E-state index contributed by atoms with van der Waals surface area (Å²) in [6.07, 6.45) is 2.84. The first-order chi connectivity index (χ1) is 11.7. The molecule has 0 fully saturated rings. The van der Waals surface area contributed by atoms with E-state index in [4.69, 9.17) is 0 Å². The molecule has 0 aliphatic heterocycles. The quantitative estimate of drug-likeness (QED) is 0.739. The highest BCUT2D eigenvalue weighted by Crippen LogP contribution is 2.20. The van der Waals surface area contributed by atoms with E-state index >= 15 is 0 Å². The molecule has 5 heteroatoms. The Balaban J connectivity index is 1.53. The molecule has 1 amide bonds. The Kier molecular flexibility index (Phi) is 5.33. The predicted molar refractivity (Wildman–Crippen MR) is 96.7 cm³/mol. The number of rotatable bonds is 6. The predicted octanol–water partition coefficient (Wildman–Crippen LogP) is 4.02. The van der Waals surface area contributed by atoms with Crippen molar-refractivity contribution in [3.63, 3.8) is 0 Å². The summed E-state index contributed by atoms with van der Waals surface area (Å²) in [6.45, 7) is 2.00. The van der Waals surface area contributed by atoms with Crippen LogP contribution in [0.1, 0.15) is 30.0 Å². The maximum absolute atomic E-state index is 12.1.